The van der Waals surface area contributed by atoms with Crippen LogP contribution in [0.2, 0.25) is 22.2 Å². The van der Waals surface area contributed by atoms with Gasteiger partial charge >= 0.3 is 22.8 Å². The maximum absolute atomic E-state index is 13.2. The van der Waals surface area contributed by atoms with Crippen molar-refractivity contribution < 1.29 is 22.5 Å². The van der Waals surface area contributed by atoms with Crippen LogP contribution in [0.3, 0.4) is 0 Å². The molecular formula is C29H45N3O6Si2. The molecule has 3 heterocycles. The molecule has 2 saturated heterocycles. The number of carbonyl (C=O) groups is 1. The van der Waals surface area contributed by atoms with E-state index in [4.69, 9.17) is 17.7 Å². The van der Waals surface area contributed by atoms with E-state index >= 15 is 0 Å². The second-order valence-corrected chi connectivity index (χ2v) is 21.1. The van der Waals surface area contributed by atoms with E-state index in [1.807, 2.05) is 13.0 Å². The monoisotopic (exact) mass is 587 g/mol. The number of aromatic nitrogens is 2. The molecule has 2 aliphatic heterocycles. The van der Waals surface area contributed by atoms with Crippen molar-refractivity contribution in [1.82, 2.24) is 9.55 Å². The first-order chi connectivity index (χ1) is 18.8. The average molecular weight is 588 g/mol. The van der Waals surface area contributed by atoms with Crippen molar-refractivity contribution in [2.75, 3.05) is 11.9 Å². The maximum atomic E-state index is 13.2. The molecule has 2 aromatic rings. The average Bonchev–Trinajstić information content (AvgIpc) is 3.18. The van der Waals surface area contributed by atoms with Gasteiger partial charge in [-0.15, -0.1) is 0 Å². The molecule has 2 aliphatic rings. The summed E-state index contributed by atoms with van der Waals surface area (Å²) in [4.78, 5) is 29.9. The zero-order chi connectivity index (χ0) is 29.4. The molecule has 0 unspecified atom stereocenters. The molecular weight excluding hydrogens is 543 g/mol. The Kier molecular flexibility index (Phi) is 9.23. The molecule has 4 atom stereocenters. The second kappa shape index (κ2) is 12.0. The van der Waals surface area contributed by atoms with Crippen molar-refractivity contribution in [3.05, 3.63) is 58.6 Å². The number of rotatable bonds is 7. The Bertz CT molecular complexity index is 1220. The van der Waals surface area contributed by atoms with Gasteiger partial charge in [0.25, 0.3) is 5.91 Å². The van der Waals surface area contributed by atoms with Crippen molar-refractivity contribution in [3.8, 4) is 0 Å². The number of anilines is 1. The Morgan fingerprint density at radius 3 is 2.10 bits per heavy atom. The molecule has 0 saturated carbocycles. The van der Waals surface area contributed by atoms with Crippen LogP contribution in [0.25, 0.3) is 0 Å². The molecule has 220 valence electrons. The Morgan fingerprint density at radius 1 is 0.950 bits per heavy atom. The molecule has 11 heteroatoms. The number of nitrogens with one attached hydrogen (secondary N) is 1. The number of fused-ring (bicyclic) bond motifs is 1. The van der Waals surface area contributed by atoms with E-state index in [0.717, 1.165) is 0 Å². The van der Waals surface area contributed by atoms with Crippen LogP contribution in [-0.2, 0) is 17.7 Å². The summed E-state index contributed by atoms with van der Waals surface area (Å²) < 4.78 is 29.3. The first-order valence-corrected chi connectivity index (χ1v) is 18.4. The highest BCUT2D eigenvalue weighted by atomic mass is 28.5. The van der Waals surface area contributed by atoms with Gasteiger partial charge in [0.05, 0.1) is 12.7 Å². The number of hydrogen-bond donors (Lipinski definition) is 1. The van der Waals surface area contributed by atoms with Crippen molar-refractivity contribution in [3.63, 3.8) is 0 Å². The Labute approximate surface area is 240 Å². The van der Waals surface area contributed by atoms with Crippen LogP contribution >= 0.6 is 0 Å². The predicted octanol–water partition coefficient (Wildman–Crippen LogP) is 5.99. The predicted molar refractivity (Wildman–Crippen MR) is 160 cm³/mol. The minimum atomic E-state index is -2.81. The number of ether oxygens (including phenoxy) is 1. The van der Waals surface area contributed by atoms with Crippen LogP contribution < -0.4 is 11.0 Å². The largest absolute Gasteiger partial charge is 0.414 e. The van der Waals surface area contributed by atoms with Crippen LogP contribution in [0.15, 0.2) is 47.4 Å². The molecule has 0 spiro atoms. The molecule has 0 bridgehead atoms. The van der Waals surface area contributed by atoms with Crippen molar-refractivity contribution >= 4 is 28.8 Å². The third-order valence-electron chi connectivity index (χ3n) is 8.36. The zero-order valence-corrected chi connectivity index (χ0v) is 27.2. The lowest BCUT2D eigenvalue weighted by Gasteiger charge is -2.51. The summed E-state index contributed by atoms with van der Waals surface area (Å²) >= 11 is 0. The van der Waals surface area contributed by atoms with Crippen LogP contribution in [0.1, 0.15) is 78.9 Å². The molecule has 1 aromatic carbocycles. The van der Waals surface area contributed by atoms with E-state index in [2.05, 4.69) is 65.7 Å². The van der Waals surface area contributed by atoms with E-state index in [-0.39, 0.29) is 52.0 Å². The van der Waals surface area contributed by atoms with Crippen LogP contribution in [0, 0.1) is 5.92 Å². The molecule has 4 rings (SSSR count). The van der Waals surface area contributed by atoms with E-state index in [9.17, 15) is 9.59 Å². The summed E-state index contributed by atoms with van der Waals surface area (Å²) in [6.07, 6.45) is 0.402. The van der Waals surface area contributed by atoms with Gasteiger partial charge in [0.15, 0.2) is 0 Å². The third kappa shape index (κ3) is 5.64. The Hall–Kier alpha value is -2.16. The van der Waals surface area contributed by atoms with Gasteiger partial charge < -0.3 is 23.0 Å². The van der Waals surface area contributed by atoms with Gasteiger partial charge in [0.1, 0.15) is 18.1 Å². The highest BCUT2D eigenvalue weighted by molar-refractivity contribution is 6.84. The molecule has 0 radical (unpaired) electrons. The number of amides is 1. The fraction of sp³-hybridized carbons (Fsp3) is 0.621. The summed E-state index contributed by atoms with van der Waals surface area (Å²) in [6, 6.07) is 10.4. The summed E-state index contributed by atoms with van der Waals surface area (Å²) in [5, 5.41) is 2.70. The summed E-state index contributed by atoms with van der Waals surface area (Å²) in [7, 11) is -5.50. The highest BCUT2D eigenvalue weighted by Gasteiger charge is 2.61. The SMILES string of the molecule is CC(C)[Si]1(C(C)C)OC[C@H]2O[C@@H](n3ccc(NC(=O)c4ccccc4)nc3=O)[C@@H](C)[C@@H]2O[Si](C(C)C)(C(C)C)O1. The lowest BCUT2D eigenvalue weighted by atomic mass is 10.0. The van der Waals surface area contributed by atoms with E-state index in [1.54, 1.807) is 36.5 Å². The topological polar surface area (TPSA) is 101 Å². The van der Waals surface area contributed by atoms with E-state index in [0.29, 0.717) is 12.2 Å². The van der Waals surface area contributed by atoms with Gasteiger partial charge in [-0.1, -0.05) is 80.5 Å². The first kappa shape index (κ1) is 30.8. The van der Waals surface area contributed by atoms with E-state index in [1.165, 1.54) is 4.57 Å². The standard InChI is InChI=1S/C29H45N3O6Si2/c1-18(2)39(19(3)4)35-17-24-26(37-40(38-39,20(5)6)21(7)8)22(9)28(36-24)32-16-15-25(31-29(32)34)30-27(33)23-13-11-10-12-14-23/h10-16,18-22,24,26,28H,17H2,1-9H3,(H,30,31,33,34)/t22-,24+,26-,28+/m0/s1. The quantitative estimate of drug-likeness (QED) is 0.397. The lowest BCUT2D eigenvalue weighted by molar-refractivity contribution is -0.0572. The minimum absolute atomic E-state index is 0.155. The van der Waals surface area contributed by atoms with Gasteiger partial charge in [-0.05, 0) is 40.4 Å². The zero-order valence-electron chi connectivity index (χ0n) is 25.2. The van der Waals surface area contributed by atoms with Crippen LogP contribution in [0.5, 0.6) is 0 Å². The maximum Gasteiger partial charge on any atom is 0.351 e. The summed E-state index contributed by atoms with van der Waals surface area (Å²) in [6.45, 7) is 19.9. The lowest BCUT2D eigenvalue weighted by Crippen LogP contribution is -2.65. The van der Waals surface area contributed by atoms with Gasteiger partial charge in [-0.2, -0.15) is 4.98 Å². The Balaban J connectivity index is 1.64. The van der Waals surface area contributed by atoms with Gasteiger partial charge in [-0.25, -0.2) is 4.79 Å². The van der Waals surface area contributed by atoms with Crippen molar-refractivity contribution in [2.24, 2.45) is 5.92 Å². The normalized spacial score (nSPS) is 26.1. The molecule has 2 fully saturated rings. The highest BCUT2D eigenvalue weighted by Crippen LogP contribution is 2.49. The van der Waals surface area contributed by atoms with Crippen LogP contribution in [-0.4, -0.2) is 51.4 Å². The molecule has 1 N–H and O–H groups in total. The fourth-order valence-electron chi connectivity index (χ4n) is 6.11. The number of benzene rings is 1. The fourth-order valence-corrected chi connectivity index (χ4v) is 17.4. The number of carbonyl (C=O) groups excluding carboxylic acids is 1. The van der Waals surface area contributed by atoms with Crippen LogP contribution in [0.4, 0.5) is 5.82 Å². The second-order valence-electron chi connectivity index (χ2n) is 12.3. The summed E-state index contributed by atoms with van der Waals surface area (Å²) in [5.74, 6) is -0.292. The summed E-state index contributed by atoms with van der Waals surface area (Å²) in [5.41, 5.74) is 0.847. The first-order valence-electron chi connectivity index (χ1n) is 14.4. The molecule has 40 heavy (non-hydrogen) atoms. The molecule has 9 nitrogen and oxygen atoms in total. The molecule has 0 aliphatic carbocycles. The third-order valence-corrected chi connectivity index (χ3v) is 18.6. The Morgan fingerprint density at radius 2 is 1.55 bits per heavy atom. The number of nitrogens with zero attached hydrogens (tertiary/aromatic N) is 2. The van der Waals surface area contributed by atoms with Crippen molar-refractivity contribution in [2.45, 2.75) is 103 Å². The van der Waals surface area contributed by atoms with E-state index < -0.39 is 29.0 Å². The van der Waals surface area contributed by atoms with Crippen molar-refractivity contribution in [1.29, 1.82) is 0 Å². The smallest absolute Gasteiger partial charge is 0.351 e. The van der Waals surface area contributed by atoms with Gasteiger partial charge in [-0.3, -0.25) is 9.36 Å². The number of hydrogen-bond acceptors (Lipinski definition) is 7. The molecule has 1 aromatic heterocycles. The minimum Gasteiger partial charge on any atom is -0.414 e. The molecule has 1 amide bonds. The van der Waals surface area contributed by atoms with Gasteiger partial charge in [0.2, 0.25) is 0 Å². The van der Waals surface area contributed by atoms with Gasteiger partial charge in [0, 0.05) is 17.7 Å².